The number of carbonyl (C=O) groups is 3. The number of carbonyl (C=O) groups excluding carboxylic acids is 3. The summed E-state index contributed by atoms with van der Waals surface area (Å²) in [6, 6.07) is 7.18. The van der Waals surface area contributed by atoms with Crippen molar-refractivity contribution in [2.45, 2.75) is 87.8 Å². The first kappa shape index (κ1) is 28.6. The topological polar surface area (TPSA) is 119 Å². The van der Waals surface area contributed by atoms with Crippen LogP contribution in [0.5, 0.6) is 0 Å². The van der Waals surface area contributed by atoms with Gasteiger partial charge < -0.3 is 24.3 Å². The summed E-state index contributed by atoms with van der Waals surface area (Å²) in [6.45, 7) is 8.65. The molecular weight excluding hydrogens is 508 g/mol. The van der Waals surface area contributed by atoms with Crippen LogP contribution in [-0.2, 0) is 28.5 Å². The summed E-state index contributed by atoms with van der Waals surface area (Å²) in [6.07, 6.45) is 3.06. The maximum atomic E-state index is 12.6. The van der Waals surface area contributed by atoms with E-state index in [0.717, 1.165) is 17.7 Å². The first-order chi connectivity index (χ1) is 18.1. The Bertz CT molecular complexity index is 1070. The van der Waals surface area contributed by atoms with Crippen molar-refractivity contribution < 1.29 is 33.3 Å². The molecule has 1 saturated carbocycles. The molecule has 3 amide bonds. The number of imide groups is 1. The lowest BCUT2D eigenvalue weighted by Crippen LogP contribution is -2.56. The van der Waals surface area contributed by atoms with Crippen LogP contribution in [0.3, 0.4) is 0 Å². The second kappa shape index (κ2) is 11.8. The third-order valence-corrected chi connectivity index (χ3v) is 8.58. The summed E-state index contributed by atoms with van der Waals surface area (Å²) in [7, 11) is 1.62. The average molecular weight is 547 g/mol. The van der Waals surface area contributed by atoms with Gasteiger partial charge in [0.15, 0.2) is 0 Å². The van der Waals surface area contributed by atoms with Crippen molar-refractivity contribution in [3.8, 4) is 0 Å². The van der Waals surface area contributed by atoms with E-state index in [4.69, 9.17) is 18.9 Å². The van der Waals surface area contributed by atoms with E-state index in [-0.39, 0.29) is 29.3 Å². The number of benzene rings is 1. The second-order valence-corrected chi connectivity index (χ2v) is 11.6. The van der Waals surface area contributed by atoms with Crippen LogP contribution >= 0.6 is 11.8 Å². The number of methoxy groups -OCH3 is 1. The number of hydrogen-bond donors (Lipinski definition) is 2. The predicted octanol–water partition coefficient (Wildman–Crippen LogP) is 4.46. The molecule has 3 fully saturated rings. The summed E-state index contributed by atoms with van der Waals surface area (Å²) < 4.78 is 23.7. The zero-order valence-electron chi connectivity index (χ0n) is 22.7. The Kier molecular flexibility index (Phi) is 8.86. The molecular formula is C28H38N2O7S. The Morgan fingerprint density at radius 1 is 1.18 bits per heavy atom. The van der Waals surface area contributed by atoms with E-state index in [2.05, 4.69) is 37.5 Å². The number of thioether (sulfide) groups is 1. The number of hydrogen-bond acceptors (Lipinski definition) is 8. The van der Waals surface area contributed by atoms with Crippen molar-refractivity contribution in [1.82, 2.24) is 5.32 Å². The normalized spacial score (nSPS) is 31.3. The fraction of sp³-hybridized carbons (Fsp3) is 0.607. The number of alkyl carbamates (subject to hydrolysis) is 1. The number of amides is 3. The van der Waals surface area contributed by atoms with E-state index in [9.17, 15) is 14.4 Å². The van der Waals surface area contributed by atoms with Crippen LogP contribution in [0.15, 0.2) is 40.8 Å². The number of epoxide rings is 2. The van der Waals surface area contributed by atoms with Gasteiger partial charge in [-0.1, -0.05) is 18.6 Å². The zero-order chi connectivity index (χ0) is 27.5. The summed E-state index contributed by atoms with van der Waals surface area (Å²) in [5.74, 6) is -0.555. The number of ether oxygens (including phenoxy) is 4. The highest BCUT2D eigenvalue weighted by Crippen LogP contribution is 2.59. The van der Waals surface area contributed by atoms with Crippen LogP contribution in [0.25, 0.3) is 0 Å². The molecule has 0 bridgehead atoms. The molecule has 2 heterocycles. The first-order valence-corrected chi connectivity index (χ1v) is 14.1. The van der Waals surface area contributed by atoms with Crippen LogP contribution in [0.4, 0.5) is 10.5 Å². The number of allylic oxidation sites excluding steroid dienone is 1. The van der Waals surface area contributed by atoms with Crippen LogP contribution in [0.1, 0.15) is 53.4 Å². The van der Waals surface area contributed by atoms with Gasteiger partial charge in [0.1, 0.15) is 23.4 Å². The molecule has 2 aliphatic heterocycles. The van der Waals surface area contributed by atoms with Gasteiger partial charge in [0, 0.05) is 24.1 Å². The third-order valence-electron chi connectivity index (χ3n) is 7.57. The molecule has 0 aromatic heterocycles. The van der Waals surface area contributed by atoms with Gasteiger partial charge in [0.25, 0.3) is 0 Å². The molecule has 1 aromatic carbocycles. The van der Waals surface area contributed by atoms with E-state index >= 15 is 0 Å². The summed E-state index contributed by atoms with van der Waals surface area (Å²) in [5, 5.41) is 5.11. The van der Waals surface area contributed by atoms with E-state index in [0.29, 0.717) is 25.1 Å². The molecule has 6 atom stereocenters. The van der Waals surface area contributed by atoms with Crippen LogP contribution in [-0.4, -0.2) is 66.9 Å². The minimum atomic E-state index is -0.783. The third kappa shape index (κ3) is 6.59. The fourth-order valence-corrected chi connectivity index (χ4v) is 6.12. The largest absolute Gasteiger partial charge is 0.443 e. The Hall–Kier alpha value is -2.40. The van der Waals surface area contributed by atoms with Gasteiger partial charge in [-0.25, -0.2) is 4.79 Å². The molecule has 1 spiro atoms. The SMILES string of the molecule is CCC(=O)Nc1ccc(SCC(=O)NC(=O)OC2CC[C@]3(CO3)C([C@]3(C)O[C@@H]3CC=C(C)C)C2OC)cc1. The molecule has 1 aromatic rings. The van der Waals surface area contributed by atoms with Crippen molar-refractivity contribution in [3.63, 3.8) is 0 Å². The van der Waals surface area contributed by atoms with Crippen molar-refractivity contribution in [1.29, 1.82) is 0 Å². The number of rotatable bonds is 10. The smallest absolute Gasteiger partial charge is 0.414 e. The Morgan fingerprint density at radius 3 is 2.50 bits per heavy atom. The highest BCUT2D eigenvalue weighted by Gasteiger charge is 2.72. The van der Waals surface area contributed by atoms with Crippen molar-refractivity contribution in [2.75, 3.05) is 24.8 Å². The van der Waals surface area contributed by atoms with Gasteiger partial charge in [-0.2, -0.15) is 0 Å². The van der Waals surface area contributed by atoms with Crippen molar-refractivity contribution in [3.05, 3.63) is 35.9 Å². The molecule has 2 saturated heterocycles. The minimum Gasteiger partial charge on any atom is -0.443 e. The lowest BCUT2D eigenvalue weighted by atomic mass is 9.68. The van der Waals surface area contributed by atoms with Crippen molar-refractivity contribution >= 4 is 35.4 Å². The Labute approximate surface area is 228 Å². The summed E-state index contributed by atoms with van der Waals surface area (Å²) >= 11 is 1.29. The first-order valence-electron chi connectivity index (χ1n) is 13.1. The second-order valence-electron chi connectivity index (χ2n) is 10.6. The predicted molar refractivity (Wildman–Crippen MR) is 144 cm³/mol. The molecule has 2 N–H and O–H groups in total. The van der Waals surface area contributed by atoms with Gasteiger partial charge in [0.05, 0.1) is 24.4 Å². The van der Waals surface area contributed by atoms with Gasteiger partial charge in [-0.3, -0.25) is 14.9 Å². The van der Waals surface area contributed by atoms with E-state index < -0.39 is 29.8 Å². The van der Waals surface area contributed by atoms with E-state index in [1.165, 1.54) is 17.3 Å². The van der Waals surface area contributed by atoms with Crippen molar-refractivity contribution in [2.24, 2.45) is 5.92 Å². The van der Waals surface area contributed by atoms with Gasteiger partial charge >= 0.3 is 6.09 Å². The molecule has 3 aliphatic rings. The maximum Gasteiger partial charge on any atom is 0.414 e. The maximum absolute atomic E-state index is 12.6. The van der Waals surface area contributed by atoms with Crippen LogP contribution < -0.4 is 10.6 Å². The minimum absolute atomic E-state index is 0.0473. The molecule has 1 aliphatic carbocycles. The Balaban J connectivity index is 1.29. The number of anilines is 1. The van der Waals surface area contributed by atoms with E-state index in [1.807, 2.05) is 12.1 Å². The standard InChI is InChI=1S/C28H38N2O7S/c1-6-22(31)29-18-8-10-19(11-9-18)38-15-23(32)30-26(33)36-20-13-14-28(16-35-28)25(24(20)34-5)27(4)21(37-27)12-7-17(2)3/h7-11,20-21,24-25H,6,12-16H2,1-5H3,(H,29,31)(H,30,32,33)/t20?,21-,24?,25?,27-,28+/m1/s1. The summed E-state index contributed by atoms with van der Waals surface area (Å²) in [4.78, 5) is 37.4. The molecule has 9 nitrogen and oxygen atoms in total. The molecule has 4 rings (SSSR count). The lowest BCUT2D eigenvalue weighted by Gasteiger charge is -2.42. The molecule has 3 unspecified atom stereocenters. The van der Waals surface area contributed by atoms with Gasteiger partial charge in [-0.05, 0) is 64.3 Å². The lowest BCUT2D eigenvalue weighted by molar-refractivity contribution is -0.124. The van der Waals surface area contributed by atoms with Crippen LogP contribution in [0.2, 0.25) is 0 Å². The van der Waals surface area contributed by atoms with Gasteiger partial charge in [-0.15, -0.1) is 11.8 Å². The fourth-order valence-electron chi connectivity index (χ4n) is 5.42. The monoisotopic (exact) mass is 546 g/mol. The number of nitrogens with one attached hydrogen (secondary N) is 2. The van der Waals surface area contributed by atoms with Crippen LogP contribution in [0, 0.1) is 5.92 Å². The quantitative estimate of drug-likeness (QED) is 0.251. The molecule has 38 heavy (non-hydrogen) atoms. The highest BCUT2D eigenvalue weighted by atomic mass is 32.2. The van der Waals surface area contributed by atoms with E-state index in [1.54, 1.807) is 26.2 Å². The summed E-state index contributed by atoms with van der Waals surface area (Å²) in [5.41, 5.74) is 1.20. The average Bonchev–Trinajstić information content (AvgIpc) is 3.80. The molecule has 208 valence electrons. The zero-order valence-corrected chi connectivity index (χ0v) is 23.5. The van der Waals surface area contributed by atoms with Gasteiger partial charge in [0.2, 0.25) is 11.8 Å². The highest BCUT2D eigenvalue weighted by molar-refractivity contribution is 8.00. The Morgan fingerprint density at radius 2 is 1.89 bits per heavy atom. The molecule has 10 heteroatoms. The molecule has 0 radical (unpaired) electrons.